The van der Waals surface area contributed by atoms with Gasteiger partial charge < -0.3 is 16.2 Å². The van der Waals surface area contributed by atoms with Gasteiger partial charge in [0.25, 0.3) is 0 Å². The summed E-state index contributed by atoms with van der Waals surface area (Å²) in [5.41, 5.74) is 6.50. The monoisotopic (exact) mass is 264 g/mol. The van der Waals surface area contributed by atoms with Crippen LogP contribution in [0, 0.1) is 5.92 Å². The molecule has 0 heterocycles. The quantitative estimate of drug-likeness (QED) is 0.708. The SMILES string of the molecule is CC(N)C(C)C(=O)N[C@H](Cc1ccccc1)C(=O)O. The van der Waals surface area contributed by atoms with E-state index in [0.717, 1.165) is 5.56 Å². The number of benzene rings is 1. The van der Waals surface area contributed by atoms with E-state index in [4.69, 9.17) is 10.8 Å². The average Bonchev–Trinajstić information content (AvgIpc) is 2.37. The Kier molecular flexibility index (Phi) is 5.51. The van der Waals surface area contributed by atoms with Crippen molar-refractivity contribution in [2.45, 2.75) is 32.4 Å². The van der Waals surface area contributed by atoms with Gasteiger partial charge in [0.1, 0.15) is 6.04 Å². The summed E-state index contributed by atoms with van der Waals surface area (Å²) in [5, 5.41) is 11.7. The van der Waals surface area contributed by atoms with Crippen LogP contribution >= 0.6 is 0 Å². The van der Waals surface area contributed by atoms with Crippen LogP contribution in [0.5, 0.6) is 0 Å². The van der Waals surface area contributed by atoms with Crippen LogP contribution in [-0.4, -0.2) is 29.1 Å². The van der Waals surface area contributed by atoms with Crippen LogP contribution in [-0.2, 0) is 16.0 Å². The molecule has 2 unspecified atom stereocenters. The molecular weight excluding hydrogens is 244 g/mol. The Morgan fingerprint density at radius 1 is 1.26 bits per heavy atom. The molecule has 0 aliphatic heterocycles. The highest BCUT2D eigenvalue weighted by molar-refractivity contribution is 5.85. The zero-order valence-electron chi connectivity index (χ0n) is 11.2. The molecular formula is C14H20N2O3. The first-order chi connectivity index (χ1) is 8.91. The van der Waals surface area contributed by atoms with Crippen LogP contribution in [0.2, 0.25) is 0 Å². The van der Waals surface area contributed by atoms with Crippen LogP contribution < -0.4 is 11.1 Å². The molecule has 1 amide bonds. The van der Waals surface area contributed by atoms with Crippen molar-refractivity contribution in [3.8, 4) is 0 Å². The molecule has 0 aliphatic carbocycles. The number of hydrogen-bond acceptors (Lipinski definition) is 3. The Labute approximate surface area is 112 Å². The van der Waals surface area contributed by atoms with Crippen LogP contribution in [0.1, 0.15) is 19.4 Å². The number of nitrogens with two attached hydrogens (primary N) is 1. The fourth-order valence-electron chi connectivity index (χ4n) is 1.59. The van der Waals surface area contributed by atoms with Gasteiger partial charge in [-0.05, 0) is 12.5 Å². The third-order valence-electron chi connectivity index (χ3n) is 3.10. The van der Waals surface area contributed by atoms with Gasteiger partial charge in [-0.25, -0.2) is 4.79 Å². The summed E-state index contributed by atoms with van der Waals surface area (Å²) < 4.78 is 0. The van der Waals surface area contributed by atoms with Crippen LogP contribution in [0.3, 0.4) is 0 Å². The fourth-order valence-corrected chi connectivity index (χ4v) is 1.59. The lowest BCUT2D eigenvalue weighted by molar-refractivity contribution is -0.142. The van der Waals surface area contributed by atoms with E-state index in [-0.39, 0.29) is 18.4 Å². The van der Waals surface area contributed by atoms with Crippen molar-refractivity contribution in [3.05, 3.63) is 35.9 Å². The number of amides is 1. The van der Waals surface area contributed by atoms with Crippen molar-refractivity contribution < 1.29 is 14.7 Å². The number of aliphatic carboxylic acids is 1. The van der Waals surface area contributed by atoms with Crippen LogP contribution in [0.25, 0.3) is 0 Å². The number of hydrogen-bond donors (Lipinski definition) is 3. The summed E-state index contributed by atoms with van der Waals surface area (Å²) in [4.78, 5) is 23.0. The van der Waals surface area contributed by atoms with Gasteiger partial charge in [0.05, 0.1) is 0 Å². The molecule has 104 valence electrons. The Morgan fingerprint density at radius 2 is 1.84 bits per heavy atom. The lowest BCUT2D eigenvalue weighted by atomic mass is 10.0. The second kappa shape index (κ2) is 6.89. The maximum atomic E-state index is 11.8. The Balaban J connectivity index is 2.69. The van der Waals surface area contributed by atoms with Gasteiger partial charge in [-0.3, -0.25) is 4.79 Å². The van der Waals surface area contributed by atoms with E-state index in [1.165, 1.54) is 0 Å². The number of carboxylic acids is 1. The minimum Gasteiger partial charge on any atom is -0.480 e. The van der Waals surface area contributed by atoms with Crippen molar-refractivity contribution in [2.24, 2.45) is 11.7 Å². The highest BCUT2D eigenvalue weighted by Crippen LogP contribution is 2.06. The second-order valence-corrected chi connectivity index (χ2v) is 4.74. The molecule has 0 saturated heterocycles. The maximum absolute atomic E-state index is 11.8. The van der Waals surface area contributed by atoms with Crippen molar-refractivity contribution in [3.63, 3.8) is 0 Å². The third kappa shape index (κ3) is 4.71. The predicted octanol–water partition coefficient (Wildman–Crippen LogP) is 0.782. The summed E-state index contributed by atoms with van der Waals surface area (Å²) in [6.45, 7) is 3.40. The molecule has 0 bridgehead atoms. The number of carbonyl (C=O) groups excluding carboxylic acids is 1. The molecule has 0 spiro atoms. The smallest absolute Gasteiger partial charge is 0.326 e. The number of rotatable bonds is 6. The summed E-state index contributed by atoms with van der Waals surface area (Å²) in [6, 6.07) is 7.94. The van der Waals surface area contributed by atoms with Gasteiger partial charge >= 0.3 is 5.97 Å². The van der Waals surface area contributed by atoms with Gasteiger partial charge in [0, 0.05) is 18.4 Å². The van der Waals surface area contributed by atoms with E-state index in [2.05, 4.69) is 5.32 Å². The van der Waals surface area contributed by atoms with Gasteiger partial charge in [0.2, 0.25) is 5.91 Å². The minimum absolute atomic E-state index is 0.258. The molecule has 3 atom stereocenters. The zero-order chi connectivity index (χ0) is 14.4. The van der Waals surface area contributed by atoms with Gasteiger partial charge in [-0.1, -0.05) is 37.3 Å². The molecule has 1 rings (SSSR count). The van der Waals surface area contributed by atoms with Gasteiger partial charge in [-0.2, -0.15) is 0 Å². The molecule has 5 heteroatoms. The second-order valence-electron chi connectivity index (χ2n) is 4.74. The maximum Gasteiger partial charge on any atom is 0.326 e. The summed E-state index contributed by atoms with van der Waals surface area (Å²) >= 11 is 0. The van der Waals surface area contributed by atoms with Gasteiger partial charge in [0.15, 0.2) is 0 Å². The molecule has 0 saturated carbocycles. The summed E-state index contributed by atoms with van der Waals surface area (Å²) in [7, 11) is 0. The van der Waals surface area contributed by atoms with Crippen molar-refractivity contribution in [1.29, 1.82) is 0 Å². The van der Waals surface area contributed by atoms with E-state index in [1.807, 2.05) is 30.3 Å². The molecule has 0 radical (unpaired) electrons. The lowest BCUT2D eigenvalue weighted by Gasteiger charge is -2.19. The van der Waals surface area contributed by atoms with E-state index in [9.17, 15) is 9.59 Å². The molecule has 1 aromatic carbocycles. The Morgan fingerprint density at radius 3 is 2.32 bits per heavy atom. The van der Waals surface area contributed by atoms with Crippen molar-refractivity contribution in [2.75, 3.05) is 0 Å². The predicted molar refractivity (Wildman–Crippen MR) is 72.5 cm³/mol. The summed E-state index contributed by atoms with van der Waals surface area (Å²) in [6.07, 6.45) is 0.258. The topological polar surface area (TPSA) is 92.4 Å². The third-order valence-corrected chi connectivity index (χ3v) is 3.10. The highest BCUT2D eigenvalue weighted by atomic mass is 16.4. The number of carboxylic acid groups (broad SMARTS) is 1. The largest absolute Gasteiger partial charge is 0.480 e. The van der Waals surface area contributed by atoms with E-state index in [0.29, 0.717) is 0 Å². The first-order valence-corrected chi connectivity index (χ1v) is 6.24. The molecule has 1 aromatic rings. The molecule has 19 heavy (non-hydrogen) atoms. The van der Waals surface area contributed by atoms with Crippen LogP contribution in [0.15, 0.2) is 30.3 Å². The Bertz CT molecular complexity index is 432. The van der Waals surface area contributed by atoms with E-state index < -0.39 is 17.9 Å². The first-order valence-electron chi connectivity index (χ1n) is 6.24. The first kappa shape index (κ1) is 15.2. The molecule has 0 fully saturated rings. The molecule has 4 N–H and O–H groups in total. The number of nitrogens with one attached hydrogen (secondary N) is 1. The normalized spacial score (nSPS) is 15.3. The van der Waals surface area contributed by atoms with E-state index in [1.54, 1.807) is 13.8 Å². The molecule has 0 aromatic heterocycles. The lowest BCUT2D eigenvalue weighted by Crippen LogP contribution is -2.47. The zero-order valence-corrected chi connectivity index (χ0v) is 11.2. The Hall–Kier alpha value is -1.88. The standard InChI is InChI=1S/C14H20N2O3/c1-9(10(2)15)13(17)16-12(14(18)19)8-11-6-4-3-5-7-11/h3-7,9-10,12H,8,15H2,1-2H3,(H,16,17)(H,18,19)/t9?,10?,12-/m1/s1. The highest BCUT2D eigenvalue weighted by Gasteiger charge is 2.24. The minimum atomic E-state index is -1.05. The fraction of sp³-hybridized carbons (Fsp3) is 0.429. The molecule has 5 nitrogen and oxygen atoms in total. The van der Waals surface area contributed by atoms with Crippen molar-refractivity contribution >= 4 is 11.9 Å². The van der Waals surface area contributed by atoms with Crippen molar-refractivity contribution in [1.82, 2.24) is 5.32 Å². The molecule has 0 aliphatic rings. The van der Waals surface area contributed by atoms with Crippen LogP contribution in [0.4, 0.5) is 0 Å². The number of carbonyl (C=O) groups is 2. The average molecular weight is 264 g/mol. The van der Waals surface area contributed by atoms with E-state index >= 15 is 0 Å². The summed E-state index contributed by atoms with van der Waals surface area (Å²) in [5.74, 6) is -1.80. The van der Waals surface area contributed by atoms with Gasteiger partial charge in [-0.15, -0.1) is 0 Å².